The number of amides is 2. The van der Waals surface area contributed by atoms with Gasteiger partial charge in [-0.15, -0.1) is 0 Å². The van der Waals surface area contributed by atoms with Gasteiger partial charge in [-0.3, -0.25) is 13.9 Å². The van der Waals surface area contributed by atoms with E-state index in [-0.39, 0.29) is 18.9 Å². The van der Waals surface area contributed by atoms with Crippen molar-refractivity contribution >= 4 is 55.1 Å². The largest absolute Gasteiger partial charge is 0.354 e. The van der Waals surface area contributed by atoms with E-state index in [1.54, 1.807) is 48.5 Å². The third kappa shape index (κ3) is 8.31. The molecule has 0 aliphatic carbocycles. The molecule has 3 rings (SSSR count). The van der Waals surface area contributed by atoms with Gasteiger partial charge in [0.2, 0.25) is 21.8 Å². The quantitative estimate of drug-likeness (QED) is 0.308. The Morgan fingerprint density at radius 3 is 2.32 bits per heavy atom. The Morgan fingerprint density at radius 2 is 1.68 bits per heavy atom. The summed E-state index contributed by atoms with van der Waals surface area (Å²) in [6.07, 6.45) is 2.03. The molecule has 0 spiro atoms. The van der Waals surface area contributed by atoms with Gasteiger partial charge in [0, 0.05) is 29.0 Å². The zero-order chi connectivity index (χ0) is 27.7. The van der Waals surface area contributed by atoms with Gasteiger partial charge in [0.15, 0.2) is 0 Å². The lowest BCUT2D eigenvalue weighted by atomic mass is 10.0. The van der Waals surface area contributed by atoms with Gasteiger partial charge >= 0.3 is 0 Å². The number of carbonyl (C=O) groups is 2. The first-order chi connectivity index (χ1) is 18.1. The fourth-order valence-corrected chi connectivity index (χ4v) is 5.40. The number of halogens is 2. The minimum atomic E-state index is -3.82. The number of carbonyl (C=O) groups excluding carboxylic acids is 2. The summed E-state index contributed by atoms with van der Waals surface area (Å²) in [5, 5.41) is 3.36. The maximum absolute atomic E-state index is 14.0. The summed E-state index contributed by atoms with van der Waals surface area (Å²) in [7, 11) is -3.82. The molecule has 0 saturated heterocycles. The molecule has 0 fully saturated rings. The van der Waals surface area contributed by atoms with Crippen molar-refractivity contribution in [1.82, 2.24) is 10.2 Å². The molecule has 0 aliphatic heterocycles. The Morgan fingerprint density at radius 1 is 1.00 bits per heavy atom. The second-order valence-corrected chi connectivity index (χ2v) is 12.1. The van der Waals surface area contributed by atoms with Gasteiger partial charge in [-0.1, -0.05) is 89.1 Å². The molecule has 3 aromatic rings. The van der Waals surface area contributed by atoms with Crippen LogP contribution in [-0.4, -0.2) is 50.5 Å². The first-order valence-electron chi connectivity index (χ1n) is 12.2. The van der Waals surface area contributed by atoms with Gasteiger partial charge in [-0.25, -0.2) is 8.42 Å². The molecule has 0 aliphatic rings. The van der Waals surface area contributed by atoms with Crippen LogP contribution in [-0.2, 0) is 32.6 Å². The summed E-state index contributed by atoms with van der Waals surface area (Å²) in [4.78, 5) is 28.8. The fraction of sp³-hybridized carbons (Fsp3) is 0.286. The summed E-state index contributed by atoms with van der Waals surface area (Å²) in [6, 6.07) is 22.3. The van der Waals surface area contributed by atoms with Gasteiger partial charge in [-0.2, -0.15) is 0 Å². The highest BCUT2D eigenvalue weighted by atomic mass is 79.9. The Balaban J connectivity index is 2.05. The summed E-state index contributed by atoms with van der Waals surface area (Å²) in [5.74, 6) is -0.840. The Hall–Kier alpha value is -2.88. The van der Waals surface area contributed by atoms with Crippen molar-refractivity contribution in [3.8, 4) is 0 Å². The third-order valence-corrected chi connectivity index (χ3v) is 7.90. The van der Waals surface area contributed by atoms with E-state index in [9.17, 15) is 18.0 Å². The first-order valence-corrected chi connectivity index (χ1v) is 15.2. The number of benzene rings is 3. The van der Waals surface area contributed by atoms with Crippen molar-refractivity contribution in [2.24, 2.45) is 0 Å². The Bertz CT molecular complexity index is 1350. The predicted octanol–water partition coefficient (Wildman–Crippen LogP) is 5.03. The average Bonchev–Trinajstić information content (AvgIpc) is 2.88. The van der Waals surface area contributed by atoms with E-state index < -0.39 is 28.5 Å². The van der Waals surface area contributed by atoms with Crippen molar-refractivity contribution in [2.75, 3.05) is 23.7 Å². The predicted molar refractivity (Wildman–Crippen MR) is 156 cm³/mol. The van der Waals surface area contributed by atoms with Crippen molar-refractivity contribution in [1.29, 1.82) is 0 Å². The molecule has 7 nitrogen and oxygen atoms in total. The molecular formula is C28H31BrClN3O4S. The molecule has 0 radical (unpaired) electrons. The molecule has 202 valence electrons. The van der Waals surface area contributed by atoms with Crippen molar-refractivity contribution in [3.05, 3.63) is 99.5 Å². The van der Waals surface area contributed by atoms with Gasteiger partial charge in [0.1, 0.15) is 12.6 Å². The van der Waals surface area contributed by atoms with Crippen LogP contribution in [0, 0.1) is 0 Å². The summed E-state index contributed by atoms with van der Waals surface area (Å²) in [6.45, 7) is 1.95. The monoisotopic (exact) mass is 619 g/mol. The van der Waals surface area contributed by atoms with Crippen LogP contribution in [0.2, 0.25) is 5.02 Å². The Kier molecular flexibility index (Phi) is 10.8. The lowest BCUT2D eigenvalue weighted by Crippen LogP contribution is -2.53. The normalized spacial score (nSPS) is 12.0. The number of hydrogen-bond donors (Lipinski definition) is 1. The molecule has 1 N–H and O–H groups in total. The molecule has 1 atom stereocenters. The molecule has 2 amide bonds. The van der Waals surface area contributed by atoms with Crippen molar-refractivity contribution in [2.45, 2.75) is 32.4 Å². The van der Waals surface area contributed by atoms with Gasteiger partial charge in [-0.05, 0) is 41.8 Å². The van der Waals surface area contributed by atoms with Crippen LogP contribution in [0.25, 0.3) is 0 Å². The highest BCUT2D eigenvalue weighted by Crippen LogP contribution is 2.24. The minimum absolute atomic E-state index is 0.0334. The summed E-state index contributed by atoms with van der Waals surface area (Å²) < 4.78 is 27.3. The third-order valence-electron chi connectivity index (χ3n) is 5.89. The number of sulfonamides is 1. The van der Waals surface area contributed by atoms with E-state index >= 15 is 0 Å². The van der Waals surface area contributed by atoms with Crippen molar-refractivity contribution < 1.29 is 18.0 Å². The van der Waals surface area contributed by atoms with Crippen LogP contribution in [0.5, 0.6) is 0 Å². The maximum Gasteiger partial charge on any atom is 0.244 e. The van der Waals surface area contributed by atoms with E-state index in [4.69, 9.17) is 11.6 Å². The average molecular weight is 621 g/mol. The highest BCUT2D eigenvalue weighted by molar-refractivity contribution is 9.10. The fourth-order valence-electron chi connectivity index (χ4n) is 3.98. The van der Waals surface area contributed by atoms with Crippen LogP contribution in [0.15, 0.2) is 83.3 Å². The van der Waals surface area contributed by atoms with E-state index in [2.05, 4.69) is 21.2 Å². The zero-order valence-electron chi connectivity index (χ0n) is 21.3. The minimum Gasteiger partial charge on any atom is -0.354 e. The van der Waals surface area contributed by atoms with E-state index in [0.717, 1.165) is 22.5 Å². The van der Waals surface area contributed by atoms with Crippen molar-refractivity contribution in [3.63, 3.8) is 0 Å². The SMILES string of the molecule is CCCNC(=O)[C@@H](Cc1ccccc1)N(Cc1ccccc1Cl)C(=O)CN(c1cccc(Br)c1)S(C)(=O)=O. The number of anilines is 1. The van der Waals surface area contributed by atoms with Crippen LogP contribution in [0.1, 0.15) is 24.5 Å². The van der Waals surface area contributed by atoms with E-state index in [0.29, 0.717) is 27.3 Å². The smallest absolute Gasteiger partial charge is 0.244 e. The molecule has 0 unspecified atom stereocenters. The van der Waals surface area contributed by atoms with Gasteiger partial charge in [0.25, 0.3) is 0 Å². The van der Waals surface area contributed by atoms with E-state index in [1.165, 1.54) is 4.90 Å². The second-order valence-electron chi connectivity index (χ2n) is 8.86. The van der Waals surface area contributed by atoms with Crippen LogP contribution in [0.4, 0.5) is 5.69 Å². The topological polar surface area (TPSA) is 86.8 Å². The molecule has 0 heterocycles. The lowest BCUT2D eigenvalue weighted by Gasteiger charge is -2.33. The number of nitrogens with one attached hydrogen (secondary N) is 1. The number of rotatable bonds is 12. The molecular weight excluding hydrogens is 590 g/mol. The van der Waals surface area contributed by atoms with Gasteiger partial charge < -0.3 is 10.2 Å². The van der Waals surface area contributed by atoms with Crippen LogP contribution < -0.4 is 9.62 Å². The lowest BCUT2D eigenvalue weighted by molar-refractivity contribution is -0.140. The second kappa shape index (κ2) is 13.8. The number of hydrogen-bond acceptors (Lipinski definition) is 4. The molecule has 0 aromatic heterocycles. The van der Waals surface area contributed by atoms with Crippen LogP contribution >= 0.6 is 27.5 Å². The maximum atomic E-state index is 14.0. The molecule has 0 bridgehead atoms. The Labute approximate surface area is 238 Å². The zero-order valence-corrected chi connectivity index (χ0v) is 24.5. The summed E-state index contributed by atoms with van der Waals surface area (Å²) >= 11 is 9.81. The molecule has 10 heteroatoms. The van der Waals surface area contributed by atoms with Gasteiger partial charge in [0.05, 0.1) is 11.9 Å². The molecule has 3 aromatic carbocycles. The van der Waals surface area contributed by atoms with E-state index in [1.807, 2.05) is 37.3 Å². The standard InChI is InChI=1S/C28H31BrClN3O4S/c1-3-16-31-28(35)26(17-21-10-5-4-6-11-21)32(19-22-12-7-8-15-25(22)30)27(34)20-33(38(2,36)37)24-14-9-13-23(29)18-24/h4-15,18,26H,3,16-17,19-20H2,1-2H3,(H,31,35)/t26-/m1/s1. The first kappa shape index (κ1) is 29.7. The summed E-state index contributed by atoms with van der Waals surface area (Å²) in [5.41, 5.74) is 1.85. The highest BCUT2D eigenvalue weighted by Gasteiger charge is 2.33. The molecule has 0 saturated carbocycles. The number of nitrogens with zero attached hydrogens (tertiary/aromatic N) is 2. The van der Waals surface area contributed by atoms with Crippen LogP contribution in [0.3, 0.4) is 0 Å². The molecule has 38 heavy (non-hydrogen) atoms.